The van der Waals surface area contributed by atoms with Crippen LogP contribution in [0.3, 0.4) is 0 Å². The van der Waals surface area contributed by atoms with Crippen molar-refractivity contribution in [2.75, 3.05) is 25.4 Å². The van der Waals surface area contributed by atoms with Crippen molar-refractivity contribution in [1.29, 1.82) is 0 Å². The molecule has 0 aliphatic rings. The van der Waals surface area contributed by atoms with Crippen LogP contribution in [-0.4, -0.2) is 35.3 Å². The van der Waals surface area contributed by atoms with Gasteiger partial charge in [-0.25, -0.2) is 0 Å². The lowest BCUT2D eigenvalue weighted by atomic mass is 10.5. The lowest BCUT2D eigenvalue weighted by Crippen LogP contribution is -2.25. The van der Waals surface area contributed by atoms with Gasteiger partial charge in [0.05, 0.1) is 15.9 Å². The lowest BCUT2D eigenvalue weighted by Gasteiger charge is -2.16. The van der Waals surface area contributed by atoms with E-state index in [1.807, 2.05) is 23.5 Å². The Kier molecular flexibility index (Phi) is 5.43. The Bertz CT molecular complexity index is 207. The van der Waals surface area contributed by atoms with E-state index in [1.54, 1.807) is 11.3 Å². The molecular formula is C9H16N2S2. The highest BCUT2D eigenvalue weighted by Gasteiger charge is 1.99. The van der Waals surface area contributed by atoms with Crippen LogP contribution >= 0.6 is 23.1 Å². The number of hydrogen-bond acceptors (Lipinski definition) is 4. The van der Waals surface area contributed by atoms with Gasteiger partial charge in [-0.2, -0.15) is 0 Å². The van der Waals surface area contributed by atoms with E-state index in [-0.39, 0.29) is 0 Å². The number of rotatable bonds is 6. The summed E-state index contributed by atoms with van der Waals surface area (Å²) >= 11 is 3.62. The molecule has 1 heterocycles. The van der Waals surface area contributed by atoms with Crippen LogP contribution in [0.15, 0.2) is 15.9 Å². The van der Waals surface area contributed by atoms with Crippen LogP contribution < -0.4 is 0 Å². The summed E-state index contributed by atoms with van der Waals surface area (Å²) < 4.78 is 1.33. The molecule has 1 aromatic rings. The molecule has 1 aromatic heterocycles. The van der Waals surface area contributed by atoms with Crippen LogP contribution in [-0.2, 0) is 0 Å². The minimum atomic E-state index is 1.15. The van der Waals surface area contributed by atoms with Crippen molar-refractivity contribution >= 4 is 23.1 Å². The van der Waals surface area contributed by atoms with Gasteiger partial charge in [0.15, 0.2) is 0 Å². The Morgan fingerprint density at radius 1 is 1.46 bits per heavy atom. The molecule has 0 aliphatic carbocycles. The van der Waals surface area contributed by atoms with Crippen molar-refractivity contribution in [3.63, 3.8) is 0 Å². The fourth-order valence-electron chi connectivity index (χ4n) is 1.09. The third-order valence-electron chi connectivity index (χ3n) is 1.96. The van der Waals surface area contributed by atoms with Gasteiger partial charge in [0.2, 0.25) is 0 Å². The molecule has 74 valence electrons. The number of nitrogens with zero attached hydrogens (tertiary/aromatic N) is 2. The Morgan fingerprint density at radius 3 is 2.77 bits per heavy atom. The van der Waals surface area contributed by atoms with Crippen LogP contribution in [0, 0.1) is 0 Å². The van der Waals surface area contributed by atoms with E-state index in [0.29, 0.717) is 0 Å². The summed E-state index contributed by atoms with van der Waals surface area (Å²) in [5, 5.41) is 0. The lowest BCUT2D eigenvalue weighted by molar-refractivity contribution is 0.324. The second-order valence-electron chi connectivity index (χ2n) is 2.70. The Hall–Kier alpha value is -0.0600. The van der Waals surface area contributed by atoms with Gasteiger partial charge in [0.1, 0.15) is 0 Å². The Balaban J connectivity index is 2.13. The van der Waals surface area contributed by atoms with Gasteiger partial charge >= 0.3 is 0 Å². The molecule has 0 aromatic carbocycles. The van der Waals surface area contributed by atoms with Crippen LogP contribution in [0.1, 0.15) is 13.8 Å². The first-order chi connectivity index (χ1) is 6.36. The number of thiazole rings is 1. The van der Waals surface area contributed by atoms with Crippen molar-refractivity contribution in [2.24, 2.45) is 0 Å². The molecule has 0 aliphatic heterocycles. The minimum absolute atomic E-state index is 1.15. The maximum Gasteiger partial charge on any atom is 0.0803 e. The molecule has 0 bridgehead atoms. The highest BCUT2D eigenvalue weighted by Crippen LogP contribution is 2.21. The smallest absolute Gasteiger partial charge is 0.0803 e. The van der Waals surface area contributed by atoms with E-state index in [1.165, 1.54) is 16.5 Å². The van der Waals surface area contributed by atoms with Gasteiger partial charge in [-0.15, -0.1) is 23.1 Å². The second kappa shape index (κ2) is 6.40. The average molecular weight is 216 g/mol. The first kappa shape index (κ1) is 11.0. The molecule has 0 amide bonds. The summed E-state index contributed by atoms with van der Waals surface area (Å²) in [5.41, 5.74) is 1.89. The van der Waals surface area contributed by atoms with Crippen LogP contribution in [0.25, 0.3) is 0 Å². The zero-order chi connectivity index (χ0) is 9.52. The maximum absolute atomic E-state index is 4.04. The van der Waals surface area contributed by atoms with Gasteiger partial charge in [-0.05, 0) is 13.1 Å². The van der Waals surface area contributed by atoms with Crippen LogP contribution in [0.4, 0.5) is 0 Å². The molecule has 0 saturated carbocycles. The van der Waals surface area contributed by atoms with E-state index in [0.717, 1.165) is 13.1 Å². The van der Waals surface area contributed by atoms with Crippen molar-refractivity contribution in [3.8, 4) is 0 Å². The summed E-state index contributed by atoms with van der Waals surface area (Å²) in [5.74, 6) is 1.17. The summed E-state index contributed by atoms with van der Waals surface area (Å²) in [6.07, 6.45) is 1.94. The molecule has 0 fully saturated rings. The van der Waals surface area contributed by atoms with Crippen molar-refractivity contribution in [1.82, 2.24) is 9.88 Å². The van der Waals surface area contributed by atoms with Crippen molar-refractivity contribution in [2.45, 2.75) is 18.1 Å². The zero-order valence-corrected chi connectivity index (χ0v) is 9.83. The number of thioether (sulfide) groups is 1. The minimum Gasteiger partial charge on any atom is -0.303 e. The quantitative estimate of drug-likeness (QED) is 0.680. The molecule has 0 radical (unpaired) electrons. The van der Waals surface area contributed by atoms with Gasteiger partial charge < -0.3 is 4.90 Å². The SMILES string of the molecule is CCN(CC)CCSc1cncs1. The van der Waals surface area contributed by atoms with E-state index < -0.39 is 0 Å². The molecular weight excluding hydrogens is 200 g/mol. The fourth-order valence-corrected chi connectivity index (χ4v) is 2.78. The van der Waals surface area contributed by atoms with Gasteiger partial charge in [0.25, 0.3) is 0 Å². The summed E-state index contributed by atoms with van der Waals surface area (Å²) in [6.45, 7) is 7.90. The largest absolute Gasteiger partial charge is 0.303 e. The van der Waals surface area contributed by atoms with E-state index >= 15 is 0 Å². The monoisotopic (exact) mass is 216 g/mol. The van der Waals surface area contributed by atoms with Gasteiger partial charge in [-0.3, -0.25) is 4.98 Å². The van der Waals surface area contributed by atoms with Gasteiger partial charge in [0, 0.05) is 12.3 Å². The van der Waals surface area contributed by atoms with Crippen molar-refractivity contribution < 1.29 is 0 Å². The molecule has 4 heteroatoms. The summed E-state index contributed by atoms with van der Waals surface area (Å²) in [6, 6.07) is 0. The number of hydrogen-bond donors (Lipinski definition) is 0. The topological polar surface area (TPSA) is 16.1 Å². The van der Waals surface area contributed by atoms with E-state index in [9.17, 15) is 0 Å². The highest BCUT2D eigenvalue weighted by atomic mass is 32.2. The predicted octanol–water partition coefficient (Wildman–Crippen LogP) is 2.58. The molecule has 0 saturated heterocycles. The normalized spacial score (nSPS) is 11.0. The number of aromatic nitrogens is 1. The fraction of sp³-hybridized carbons (Fsp3) is 0.667. The predicted molar refractivity (Wildman–Crippen MR) is 60.6 cm³/mol. The maximum atomic E-state index is 4.04. The Labute approximate surface area is 88.4 Å². The second-order valence-corrected chi connectivity index (χ2v) is 4.98. The van der Waals surface area contributed by atoms with Crippen molar-refractivity contribution in [3.05, 3.63) is 11.7 Å². The summed E-state index contributed by atoms with van der Waals surface area (Å²) in [7, 11) is 0. The third-order valence-corrected chi connectivity index (χ3v) is 3.94. The standard InChI is InChI=1S/C9H16N2S2/c1-3-11(4-2)5-6-12-9-7-10-8-13-9/h7-8H,3-6H2,1-2H3. The summed E-state index contributed by atoms with van der Waals surface area (Å²) in [4.78, 5) is 6.48. The first-order valence-electron chi connectivity index (χ1n) is 4.60. The molecule has 0 atom stereocenters. The molecule has 2 nitrogen and oxygen atoms in total. The molecule has 0 unspecified atom stereocenters. The average Bonchev–Trinajstić information content (AvgIpc) is 2.65. The highest BCUT2D eigenvalue weighted by molar-refractivity contribution is 8.01. The van der Waals surface area contributed by atoms with Gasteiger partial charge in [-0.1, -0.05) is 13.8 Å². The van der Waals surface area contributed by atoms with E-state index in [4.69, 9.17) is 0 Å². The molecule has 0 spiro atoms. The van der Waals surface area contributed by atoms with Crippen LogP contribution in [0.2, 0.25) is 0 Å². The molecule has 0 N–H and O–H groups in total. The molecule has 13 heavy (non-hydrogen) atoms. The third kappa shape index (κ3) is 4.11. The Morgan fingerprint density at radius 2 is 2.23 bits per heavy atom. The van der Waals surface area contributed by atoms with E-state index in [2.05, 4.69) is 23.7 Å². The van der Waals surface area contributed by atoms with Crippen LogP contribution in [0.5, 0.6) is 0 Å². The zero-order valence-electron chi connectivity index (χ0n) is 8.19. The first-order valence-corrected chi connectivity index (χ1v) is 6.47. The molecule has 1 rings (SSSR count).